The summed E-state index contributed by atoms with van der Waals surface area (Å²) in [5.41, 5.74) is 14.0. The number of ether oxygens (including phenoxy) is 1. The van der Waals surface area contributed by atoms with Gasteiger partial charge in [-0.05, 0) is 48.1 Å². The van der Waals surface area contributed by atoms with E-state index in [9.17, 15) is 28.8 Å². The third kappa shape index (κ3) is 12.5. The van der Waals surface area contributed by atoms with Crippen molar-refractivity contribution in [2.45, 2.75) is 50.7 Å². The Labute approximate surface area is 297 Å². The average Bonchev–Trinajstić information content (AvgIpc) is 3.13. The molecule has 15 nitrogen and oxygen atoms in total. The molecule has 2 aliphatic heterocycles. The largest absolute Gasteiger partial charge is 0.399 e. The van der Waals surface area contributed by atoms with Gasteiger partial charge in [-0.2, -0.15) is 0 Å². The number of amides is 6. The van der Waals surface area contributed by atoms with Crippen LogP contribution in [0.1, 0.15) is 36.0 Å². The first-order valence-electron chi connectivity index (χ1n) is 17.2. The van der Waals surface area contributed by atoms with E-state index >= 15 is 0 Å². The summed E-state index contributed by atoms with van der Waals surface area (Å²) in [5.74, 6) is -3.22. The fourth-order valence-electron chi connectivity index (χ4n) is 5.88. The lowest BCUT2D eigenvalue weighted by Gasteiger charge is -2.32. The Kier molecular flexibility index (Phi) is 14.9. The van der Waals surface area contributed by atoms with Crippen LogP contribution < -0.4 is 38.1 Å². The molecule has 4 rings (SSSR count). The van der Waals surface area contributed by atoms with Gasteiger partial charge in [0.1, 0.15) is 12.1 Å². The highest BCUT2D eigenvalue weighted by molar-refractivity contribution is 5.97. The first kappa shape index (κ1) is 38.5. The Bertz CT molecular complexity index is 1560. The van der Waals surface area contributed by atoms with Gasteiger partial charge in [0.05, 0.1) is 25.6 Å². The molecular formula is C36H48N8O7. The van der Waals surface area contributed by atoms with Crippen LogP contribution in [0.15, 0.2) is 60.7 Å². The van der Waals surface area contributed by atoms with E-state index in [1.54, 1.807) is 48.5 Å². The van der Waals surface area contributed by atoms with Gasteiger partial charge >= 0.3 is 0 Å². The van der Waals surface area contributed by atoms with Gasteiger partial charge in [-0.25, -0.2) is 0 Å². The number of carbonyl (C=O) groups is 6. The fraction of sp³-hybridized carbons (Fsp3) is 0.444. The molecule has 15 heteroatoms. The van der Waals surface area contributed by atoms with Crippen molar-refractivity contribution in [1.82, 2.24) is 31.5 Å². The summed E-state index contributed by atoms with van der Waals surface area (Å²) in [4.78, 5) is 80.6. The first-order chi connectivity index (χ1) is 24.6. The number of carbonyl (C=O) groups excluding carboxylic acids is 6. The molecule has 0 aliphatic carbocycles. The van der Waals surface area contributed by atoms with E-state index in [1.165, 1.54) is 4.90 Å². The van der Waals surface area contributed by atoms with Gasteiger partial charge in [0, 0.05) is 63.5 Å². The monoisotopic (exact) mass is 704 g/mol. The van der Waals surface area contributed by atoms with Crippen molar-refractivity contribution in [3.63, 3.8) is 0 Å². The van der Waals surface area contributed by atoms with E-state index in [4.69, 9.17) is 16.2 Å². The Balaban J connectivity index is 1.56. The minimum Gasteiger partial charge on any atom is -0.399 e. The third-order valence-corrected chi connectivity index (χ3v) is 8.65. The van der Waals surface area contributed by atoms with Crippen LogP contribution in [0, 0.1) is 5.92 Å². The Hall–Kier alpha value is -5.28. The summed E-state index contributed by atoms with van der Waals surface area (Å²) in [6, 6.07) is 12.2. The van der Waals surface area contributed by atoms with Crippen molar-refractivity contribution in [2.24, 2.45) is 11.7 Å². The summed E-state index contributed by atoms with van der Waals surface area (Å²) < 4.78 is 5.31. The molecular weight excluding hydrogens is 656 g/mol. The Morgan fingerprint density at radius 2 is 1.67 bits per heavy atom. The van der Waals surface area contributed by atoms with Gasteiger partial charge in [-0.3, -0.25) is 28.8 Å². The molecule has 0 radical (unpaired) electrons. The molecule has 2 aromatic carbocycles. The lowest BCUT2D eigenvalue weighted by atomic mass is 9.95. The number of hydrogen-bond donors (Lipinski definition) is 7. The number of nitrogens with zero attached hydrogens (tertiary/aromatic N) is 1. The lowest BCUT2D eigenvalue weighted by molar-refractivity contribution is -0.135. The topological polar surface area (TPSA) is 227 Å². The highest BCUT2D eigenvalue weighted by Crippen LogP contribution is 2.18. The maximum atomic E-state index is 13.7. The van der Waals surface area contributed by atoms with Gasteiger partial charge in [-0.15, -0.1) is 0 Å². The molecule has 9 N–H and O–H groups in total. The van der Waals surface area contributed by atoms with Crippen molar-refractivity contribution in [2.75, 3.05) is 51.7 Å². The fourth-order valence-corrected chi connectivity index (χ4v) is 5.88. The second-order valence-electron chi connectivity index (χ2n) is 12.5. The zero-order chi connectivity index (χ0) is 36.6. The molecule has 0 aromatic heterocycles. The number of nitrogen functional groups attached to an aromatic ring is 1. The van der Waals surface area contributed by atoms with Gasteiger partial charge in [0.25, 0.3) is 0 Å². The van der Waals surface area contributed by atoms with Crippen LogP contribution >= 0.6 is 0 Å². The van der Waals surface area contributed by atoms with E-state index < -0.39 is 47.5 Å². The lowest BCUT2D eigenvalue weighted by Crippen LogP contribution is -2.52. The summed E-state index contributed by atoms with van der Waals surface area (Å²) in [5, 5.41) is 14.0. The standard InChI is InChI=1S/C36H48N8O7/c37-14-18-51-19-16-40-35(49)29-13-15-39-31(45)11-12-33(47)44-17-3-6-27(23-44)34(48)43-30(20-24-7-9-28(38)10-8-24)36(50)41-22-26-5-2-1-4-25(26)21-32(46)42-29/h1-2,4-5,7-12,27,29-30H,3,6,13-23,37-38H2,(H,39,45)(H,40,49)(H,41,50)(H,42,46)(H,43,48)/b12-11+/t27-,29+,30+/m1/s1. The van der Waals surface area contributed by atoms with Crippen molar-refractivity contribution in [3.8, 4) is 0 Å². The molecule has 3 atom stereocenters. The maximum Gasteiger partial charge on any atom is 0.246 e. The molecule has 0 saturated carbocycles. The zero-order valence-corrected chi connectivity index (χ0v) is 28.7. The Morgan fingerprint density at radius 1 is 0.902 bits per heavy atom. The molecule has 1 saturated heterocycles. The minimum absolute atomic E-state index is 0.0332. The zero-order valence-electron chi connectivity index (χ0n) is 28.7. The predicted molar refractivity (Wildman–Crippen MR) is 189 cm³/mol. The first-order valence-corrected chi connectivity index (χ1v) is 17.2. The third-order valence-electron chi connectivity index (χ3n) is 8.65. The minimum atomic E-state index is -0.981. The smallest absolute Gasteiger partial charge is 0.246 e. The number of hydrogen-bond acceptors (Lipinski definition) is 9. The van der Waals surface area contributed by atoms with Crippen LogP contribution in [0.25, 0.3) is 0 Å². The quantitative estimate of drug-likeness (QED) is 0.133. The average molecular weight is 705 g/mol. The second-order valence-corrected chi connectivity index (χ2v) is 12.5. The van der Waals surface area contributed by atoms with Gasteiger partial charge in [-0.1, -0.05) is 36.4 Å². The normalized spacial score (nSPS) is 21.8. The van der Waals surface area contributed by atoms with Crippen molar-refractivity contribution < 1.29 is 33.5 Å². The maximum absolute atomic E-state index is 13.7. The molecule has 6 amide bonds. The van der Waals surface area contributed by atoms with Crippen LogP contribution in [0.4, 0.5) is 5.69 Å². The number of fused-ring (bicyclic) bond motifs is 3. The molecule has 274 valence electrons. The number of nitrogens with one attached hydrogen (secondary N) is 5. The molecule has 2 bridgehead atoms. The van der Waals surface area contributed by atoms with Crippen LogP contribution in [0.3, 0.4) is 0 Å². The van der Waals surface area contributed by atoms with Crippen LogP contribution in [0.5, 0.6) is 0 Å². The molecule has 0 unspecified atom stereocenters. The summed E-state index contributed by atoms with van der Waals surface area (Å²) in [6.07, 6.45) is 3.53. The summed E-state index contributed by atoms with van der Waals surface area (Å²) >= 11 is 0. The van der Waals surface area contributed by atoms with E-state index in [-0.39, 0.29) is 58.0 Å². The van der Waals surface area contributed by atoms with Gasteiger partial charge in [0.2, 0.25) is 35.4 Å². The highest BCUT2D eigenvalue weighted by atomic mass is 16.5. The van der Waals surface area contributed by atoms with E-state index in [0.717, 1.165) is 17.7 Å². The van der Waals surface area contributed by atoms with E-state index in [0.29, 0.717) is 49.4 Å². The molecule has 1 fully saturated rings. The highest BCUT2D eigenvalue weighted by Gasteiger charge is 2.31. The molecule has 51 heavy (non-hydrogen) atoms. The Morgan fingerprint density at radius 3 is 2.43 bits per heavy atom. The number of anilines is 1. The van der Waals surface area contributed by atoms with Crippen molar-refractivity contribution >= 4 is 41.1 Å². The van der Waals surface area contributed by atoms with Crippen molar-refractivity contribution in [3.05, 3.63) is 77.4 Å². The van der Waals surface area contributed by atoms with Gasteiger partial charge in [0.15, 0.2) is 0 Å². The number of rotatable bonds is 8. The number of piperidine rings is 1. The van der Waals surface area contributed by atoms with E-state index in [2.05, 4.69) is 26.6 Å². The van der Waals surface area contributed by atoms with Crippen LogP contribution in [0.2, 0.25) is 0 Å². The SMILES string of the molecule is NCCOCCNC(=O)[C@@H]1CCNC(=O)/C=C/C(=O)N2CCC[C@H](C2)C(=O)N[C@@H](Cc2ccc(N)cc2)C(=O)NCc2ccccc2CC(=O)N1. The summed E-state index contributed by atoms with van der Waals surface area (Å²) in [6.45, 7) is 1.78. The molecule has 0 spiro atoms. The number of benzene rings is 2. The molecule has 2 aromatic rings. The second kappa shape index (κ2) is 19.8. The predicted octanol–water partition coefficient (Wildman–Crippen LogP) is -0.954. The van der Waals surface area contributed by atoms with Crippen LogP contribution in [-0.2, 0) is 52.9 Å². The summed E-state index contributed by atoms with van der Waals surface area (Å²) in [7, 11) is 0. The van der Waals surface area contributed by atoms with Crippen LogP contribution in [-0.4, -0.2) is 98.4 Å². The number of nitrogens with two attached hydrogens (primary N) is 2. The molecule has 2 heterocycles. The molecule has 2 aliphatic rings. The van der Waals surface area contributed by atoms with Crippen molar-refractivity contribution in [1.29, 1.82) is 0 Å². The van der Waals surface area contributed by atoms with Gasteiger partial charge < -0.3 is 47.7 Å². The van der Waals surface area contributed by atoms with E-state index in [1.807, 2.05) is 0 Å².